The number of aryl methyl sites for hydroxylation is 1. The Morgan fingerprint density at radius 1 is 1.10 bits per heavy atom. The van der Waals surface area contributed by atoms with Gasteiger partial charge in [0.2, 0.25) is 0 Å². The summed E-state index contributed by atoms with van der Waals surface area (Å²) in [6.07, 6.45) is 1.70. The molecule has 0 spiro atoms. The van der Waals surface area contributed by atoms with Gasteiger partial charge in [-0.3, -0.25) is 0 Å². The van der Waals surface area contributed by atoms with E-state index in [1.165, 1.54) is 5.56 Å². The molecule has 0 aliphatic heterocycles. The molecular weight excluding hydrogens is 250 g/mol. The van der Waals surface area contributed by atoms with Crippen molar-refractivity contribution in [2.75, 3.05) is 0 Å². The average Bonchev–Trinajstić information content (AvgIpc) is 2.90. The van der Waals surface area contributed by atoms with E-state index < -0.39 is 0 Å². The third-order valence-corrected chi connectivity index (χ3v) is 3.30. The Labute approximate surface area is 117 Å². The Kier molecular flexibility index (Phi) is 3.25. The number of nitrogens with one attached hydrogen (secondary N) is 1. The van der Waals surface area contributed by atoms with Crippen LogP contribution in [-0.4, -0.2) is 11.0 Å². The van der Waals surface area contributed by atoms with Gasteiger partial charge >= 0.3 is 5.97 Å². The first-order chi connectivity index (χ1) is 9.74. The van der Waals surface area contributed by atoms with Crippen LogP contribution in [0.15, 0.2) is 54.7 Å². The van der Waals surface area contributed by atoms with Crippen molar-refractivity contribution in [2.24, 2.45) is 0 Å². The van der Waals surface area contributed by atoms with E-state index in [0.29, 0.717) is 12.2 Å². The summed E-state index contributed by atoms with van der Waals surface area (Å²) in [6, 6.07) is 15.6. The van der Waals surface area contributed by atoms with Crippen LogP contribution in [0.5, 0.6) is 0 Å². The first-order valence-corrected chi connectivity index (χ1v) is 6.53. The van der Waals surface area contributed by atoms with Gasteiger partial charge in [0.1, 0.15) is 6.61 Å². The van der Waals surface area contributed by atoms with E-state index in [4.69, 9.17) is 4.74 Å². The topological polar surface area (TPSA) is 42.1 Å². The van der Waals surface area contributed by atoms with Crippen molar-refractivity contribution in [3.8, 4) is 0 Å². The standard InChI is InChI=1S/C17H15NO2/c1-12-6-8-13(9-7-12)11-20-17(19)15-10-18-16-5-3-2-4-14(15)16/h2-10,18H,11H2,1H3. The van der Waals surface area contributed by atoms with Crippen molar-refractivity contribution in [1.29, 1.82) is 0 Å². The molecule has 0 radical (unpaired) electrons. The second-order valence-electron chi connectivity index (χ2n) is 4.81. The van der Waals surface area contributed by atoms with E-state index in [2.05, 4.69) is 4.98 Å². The van der Waals surface area contributed by atoms with Crippen LogP contribution >= 0.6 is 0 Å². The fraction of sp³-hybridized carbons (Fsp3) is 0.118. The third-order valence-electron chi connectivity index (χ3n) is 3.30. The number of hydrogen-bond donors (Lipinski definition) is 1. The van der Waals surface area contributed by atoms with Gasteiger partial charge in [-0.15, -0.1) is 0 Å². The Balaban J connectivity index is 1.75. The number of rotatable bonds is 3. The molecule has 20 heavy (non-hydrogen) atoms. The molecule has 0 saturated carbocycles. The lowest BCUT2D eigenvalue weighted by Gasteiger charge is -2.04. The Bertz CT molecular complexity index is 741. The molecule has 1 heterocycles. The summed E-state index contributed by atoms with van der Waals surface area (Å²) in [7, 11) is 0. The fourth-order valence-electron chi connectivity index (χ4n) is 2.15. The van der Waals surface area contributed by atoms with Crippen molar-refractivity contribution < 1.29 is 9.53 Å². The number of carbonyl (C=O) groups is 1. The molecule has 2 aromatic carbocycles. The van der Waals surface area contributed by atoms with Gasteiger partial charge in [0, 0.05) is 17.1 Å². The zero-order valence-corrected chi connectivity index (χ0v) is 11.2. The van der Waals surface area contributed by atoms with Crippen LogP contribution in [0.3, 0.4) is 0 Å². The molecule has 3 nitrogen and oxygen atoms in total. The molecule has 1 aromatic heterocycles. The summed E-state index contributed by atoms with van der Waals surface area (Å²) in [6.45, 7) is 2.32. The van der Waals surface area contributed by atoms with Crippen molar-refractivity contribution in [3.05, 3.63) is 71.4 Å². The predicted octanol–water partition coefficient (Wildman–Crippen LogP) is 3.83. The molecule has 0 amide bonds. The minimum Gasteiger partial charge on any atom is -0.457 e. The van der Waals surface area contributed by atoms with Crippen molar-refractivity contribution in [3.63, 3.8) is 0 Å². The number of aromatic amines is 1. The predicted molar refractivity (Wildman–Crippen MR) is 78.6 cm³/mol. The van der Waals surface area contributed by atoms with Gasteiger partial charge < -0.3 is 9.72 Å². The van der Waals surface area contributed by atoms with Crippen LogP contribution in [0, 0.1) is 6.92 Å². The van der Waals surface area contributed by atoms with Gasteiger partial charge in [0.25, 0.3) is 0 Å². The lowest BCUT2D eigenvalue weighted by Crippen LogP contribution is -2.04. The number of aromatic nitrogens is 1. The van der Waals surface area contributed by atoms with Crippen LogP contribution in [0.4, 0.5) is 0 Å². The maximum absolute atomic E-state index is 12.1. The summed E-state index contributed by atoms with van der Waals surface area (Å²) >= 11 is 0. The first kappa shape index (κ1) is 12.5. The van der Waals surface area contributed by atoms with Crippen LogP contribution < -0.4 is 0 Å². The monoisotopic (exact) mass is 265 g/mol. The van der Waals surface area contributed by atoms with E-state index in [9.17, 15) is 4.79 Å². The fourth-order valence-corrected chi connectivity index (χ4v) is 2.15. The molecule has 0 unspecified atom stereocenters. The van der Waals surface area contributed by atoms with E-state index >= 15 is 0 Å². The van der Waals surface area contributed by atoms with Gasteiger partial charge in [-0.25, -0.2) is 4.79 Å². The molecular formula is C17H15NO2. The molecule has 0 fully saturated rings. The molecule has 0 aliphatic carbocycles. The molecule has 0 saturated heterocycles. The van der Waals surface area contributed by atoms with Crippen LogP contribution in [0.1, 0.15) is 21.5 Å². The smallest absolute Gasteiger partial charge is 0.340 e. The summed E-state index contributed by atoms with van der Waals surface area (Å²) in [5.74, 6) is -0.303. The number of para-hydroxylation sites is 1. The molecule has 0 bridgehead atoms. The van der Waals surface area contributed by atoms with Gasteiger partial charge in [-0.2, -0.15) is 0 Å². The summed E-state index contributed by atoms with van der Waals surface area (Å²) in [5, 5.41) is 0.890. The highest BCUT2D eigenvalue weighted by molar-refractivity contribution is 6.03. The molecule has 0 aliphatic rings. The number of esters is 1. The third kappa shape index (κ3) is 2.43. The van der Waals surface area contributed by atoms with Crippen LogP contribution in [-0.2, 0) is 11.3 Å². The Hall–Kier alpha value is -2.55. The highest BCUT2D eigenvalue weighted by atomic mass is 16.5. The van der Waals surface area contributed by atoms with Crippen LogP contribution in [0.2, 0.25) is 0 Å². The van der Waals surface area contributed by atoms with E-state index in [-0.39, 0.29) is 5.97 Å². The molecule has 3 heteroatoms. The molecule has 100 valence electrons. The molecule has 0 atom stereocenters. The molecule has 1 N–H and O–H groups in total. The number of ether oxygens (including phenoxy) is 1. The number of fused-ring (bicyclic) bond motifs is 1. The minimum atomic E-state index is -0.303. The quantitative estimate of drug-likeness (QED) is 0.731. The van der Waals surface area contributed by atoms with Gasteiger partial charge in [-0.1, -0.05) is 48.0 Å². The summed E-state index contributed by atoms with van der Waals surface area (Å²) in [5.41, 5.74) is 3.70. The van der Waals surface area contributed by atoms with Crippen molar-refractivity contribution in [2.45, 2.75) is 13.5 Å². The summed E-state index contributed by atoms with van der Waals surface area (Å²) in [4.78, 5) is 15.2. The number of benzene rings is 2. The average molecular weight is 265 g/mol. The van der Waals surface area contributed by atoms with Crippen LogP contribution in [0.25, 0.3) is 10.9 Å². The van der Waals surface area contributed by atoms with Crippen molar-refractivity contribution >= 4 is 16.9 Å². The van der Waals surface area contributed by atoms with Gasteiger partial charge in [0.15, 0.2) is 0 Å². The zero-order valence-electron chi connectivity index (χ0n) is 11.2. The number of hydrogen-bond acceptors (Lipinski definition) is 2. The molecule has 3 aromatic rings. The normalized spacial score (nSPS) is 10.7. The lowest BCUT2D eigenvalue weighted by atomic mass is 10.1. The highest BCUT2D eigenvalue weighted by Gasteiger charge is 2.12. The van der Waals surface area contributed by atoms with Crippen molar-refractivity contribution in [1.82, 2.24) is 4.98 Å². The minimum absolute atomic E-state index is 0.290. The highest BCUT2D eigenvalue weighted by Crippen LogP contribution is 2.19. The lowest BCUT2D eigenvalue weighted by molar-refractivity contribution is 0.0475. The Morgan fingerprint density at radius 2 is 1.85 bits per heavy atom. The maximum atomic E-state index is 12.1. The number of H-pyrrole nitrogens is 1. The van der Waals surface area contributed by atoms with E-state index in [1.807, 2.05) is 55.5 Å². The first-order valence-electron chi connectivity index (χ1n) is 6.53. The Morgan fingerprint density at radius 3 is 2.65 bits per heavy atom. The van der Waals surface area contributed by atoms with E-state index in [0.717, 1.165) is 16.5 Å². The zero-order chi connectivity index (χ0) is 13.9. The van der Waals surface area contributed by atoms with Gasteiger partial charge in [0.05, 0.1) is 5.56 Å². The SMILES string of the molecule is Cc1ccc(COC(=O)c2c[nH]c3ccccc23)cc1. The second kappa shape index (κ2) is 5.21. The van der Waals surface area contributed by atoms with E-state index in [1.54, 1.807) is 6.20 Å². The molecule has 3 rings (SSSR count). The largest absolute Gasteiger partial charge is 0.457 e. The van der Waals surface area contributed by atoms with Gasteiger partial charge in [-0.05, 0) is 18.6 Å². The summed E-state index contributed by atoms with van der Waals surface area (Å²) < 4.78 is 5.36. The number of carbonyl (C=O) groups excluding carboxylic acids is 1. The maximum Gasteiger partial charge on any atom is 0.340 e. The second-order valence-corrected chi connectivity index (χ2v) is 4.81.